The molecule has 0 saturated carbocycles. The monoisotopic (exact) mass is 289 g/mol. The van der Waals surface area contributed by atoms with Crippen LogP contribution in [0.3, 0.4) is 0 Å². The highest BCUT2D eigenvalue weighted by molar-refractivity contribution is 9.10. The Balaban J connectivity index is 2.82. The molecule has 5 heteroatoms. The molecular formula is C10H12BrNO2S. The third-order valence-electron chi connectivity index (χ3n) is 1.86. The first kappa shape index (κ1) is 12.5. The highest BCUT2D eigenvalue weighted by Gasteiger charge is 2.11. The standard InChI is InChI=1S/C10H12BrNO2S/c1-6(5-13)12-10(14)8-3-2-7(11)4-9(8)15/h2-4,6,13,15H,5H2,1H3,(H,12,14). The summed E-state index contributed by atoms with van der Waals surface area (Å²) in [6.45, 7) is 1.65. The molecule has 1 aromatic carbocycles. The molecule has 1 aromatic rings. The third-order valence-corrected chi connectivity index (χ3v) is 2.72. The summed E-state index contributed by atoms with van der Waals surface area (Å²) in [6, 6.07) is 4.96. The van der Waals surface area contributed by atoms with Gasteiger partial charge in [0.2, 0.25) is 0 Å². The number of carbonyl (C=O) groups excluding carboxylic acids is 1. The Bertz CT molecular complexity index is 370. The first-order valence-electron chi connectivity index (χ1n) is 4.45. The molecule has 2 N–H and O–H groups in total. The predicted octanol–water partition coefficient (Wildman–Crippen LogP) is 1.85. The minimum Gasteiger partial charge on any atom is -0.394 e. The van der Waals surface area contributed by atoms with Crippen molar-refractivity contribution in [2.45, 2.75) is 17.9 Å². The summed E-state index contributed by atoms with van der Waals surface area (Å²) in [5, 5.41) is 11.5. The van der Waals surface area contributed by atoms with Gasteiger partial charge in [-0.2, -0.15) is 0 Å². The van der Waals surface area contributed by atoms with Gasteiger partial charge < -0.3 is 10.4 Å². The zero-order valence-electron chi connectivity index (χ0n) is 8.20. The van der Waals surface area contributed by atoms with Crippen molar-refractivity contribution in [3.05, 3.63) is 28.2 Å². The molecule has 82 valence electrons. The van der Waals surface area contributed by atoms with Crippen molar-refractivity contribution in [1.82, 2.24) is 5.32 Å². The molecule has 1 amide bonds. The summed E-state index contributed by atoms with van der Waals surface area (Å²) >= 11 is 7.49. The van der Waals surface area contributed by atoms with E-state index in [4.69, 9.17) is 5.11 Å². The smallest absolute Gasteiger partial charge is 0.252 e. The Kier molecular flexibility index (Phi) is 4.63. The van der Waals surface area contributed by atoms with Gasteiger partial charge in [-0.05, 0) is 25.1 Å². The number of hydrogen-bond acceptors (Lipinski definition) is 3. The van der Waals surface area contributed by atoms with Gasteiger partial charge in [0.15, 0.2) is 0 Å². The molecule has 0 radical (unpaired) electrons. The number of thiol groups is 1. The average molecular weight is 290 g/mol. The van der Waals surface area contributed by atoms with E-state index >= 15 is 0 Å². The topological polar surface area (TPSA) is 49.3 Å². The van der Waals surface area contributed by atoms with Crippen molar-refractivity contribution in [3.8, 4) is 0 Å². The molecule has 0 fully saturated rings. The van der Waals surface area contributed by atoms with Gasteiger partial charge in [-0.25, -0.2) is 0 Å². The maximum Gasteiger partial charge on any atom is 0.252 e. The largest absolute Gasteiger partial charge is 0.394 e. The van der Waals surface area contributed by atoms with Crippen LogP contribution >= 0.6 is 28.6 Å². The lowest BCUT2D eigenvalue weighted by Crippen LogP contribution is -2.35. The molecule has 0 saturated heterocycles. The highest BCUT2D eigenvalue weighted by Crippen LogP contribution is 2.19. The van der Waals surface area contributed by atoms with Crippen LogP contribution in [0.25, 0.3) is 0 Å². The van der Waals surface area contributed by atoms with E-state index in [0.717, 1.165) is 4.47 Å². The lowest BCUT2D eigenvalue weighted by molar-refractivity contribution is 0.0919. The van der Waals surface area contributed by atoms with Gasteiger partial charge in [0.1, 0.15) is 0 Å². The van der Waals surface area contributed by atoms with Gasteiger partial charge >= 0.3 is 0 Å². The number of hydrogen-bond donors (Lipinski definition) is 3. The van der Waals surface area contributed by atoms with E-state index in [1.807, 2.05) is 0 Å². The Labute approximate surface area is 102 Å². The van der Waals surface area contributed by atoms with Crippen molar-refractivity contribution in [2.75, 3.05) is 6.61 Å². The maximum absolute atomic E-state index is 11.7. The zero-order chi connectivity index (χ0) is 11.4. The van der Waals surface area contributed by atoms with Crippen molar-refractivity contribution < 1.29 is 9.90 Å². The summed E-state index contributed by atoms with van der Waals surface area (Å²) in [4.78, 5) is 12.3. The van der Waals surface area contributed by atoms with Gasteiger partial charge in [0.05, 0.1) is 12.2 Å². The maximum atomic E-state index is 11.7. The van der Waals surface area contributed by atoms with Gasteiger partial charge in [0, 0.05) is 15.4 Å². The molecule has 0 aliphatic rings. The van der Waals surface area contributed by atoms with Crippen LogP contribution in [0, 0.1) is 0 Å². The molecular weight excluding hydrogens is 278 g/mol. The van der Waals surface area contributed by atoms with E-state index in [1.54, 1.807) is 25.1 Å². The fraction of sp³-hybridized carbons (Fsp3) is 0.300. The molecule has 1 rings (SSSR count). The number of amides is 1. The number of benzene rings is 1. The van der Waals surface area contributed by atoms with Crippen LogP contribution in [0.2, 0.25) is 0 Å². The second kappa shape index (κ2) is 5.53. The SMILES string of the molecule is CC(CO)NC(=O)c1ccc(Br)cc1S. The van der Waals surface area contributed by atoms with Crippen molar-refractivity contribution in [1.29, 1.82) is 0 Å². The summed E-state index contributed by atoms with van der Waals surface area (Å²) in [7, 11) is 0. The average Bonchev–Trinajstić information content (AvgIpc) is 2.17. The normalized spacial score (nSPS) is 12.3. The van der Waals surface area contributed by atoms with Crippen LogP contribution < -0.4 is 5.32 Å². The van der Waals surface area contributed by atoms with E-state index in [9.17, 15) is 4.79 Å². The summed E-state index contributed by atoms with van der Waals surface area (Å²) in [6.07, 6.45) is 0. The molecule has 3 nitrogen and oxygen atoms in total. The number of carbonyl (C=O) groups is 1. The molecule has 1 unspecified atom stereocenters. The Hall–Kier alpha value is -0.520. The molecule has 0 aromatic heterocycles. The van der Waals surface area contributed by atoms with Gasteiger partial charge in [-0.1, -0.05) is 15.9 Å². The number of rotatable bonds is 3. The molecule has 0 heterocycles. The summed E-state index contributed by atoms with van der Waals surface area (Å²) < 4.78 is 0.874. The van der Waals surface area contributed by atoms with E-state index in [0.29, 0.717) is 10.5 Å². The van der Waals surface area contributed by atoms with E-state index in [-0.39, 0.29) is 18.6 Å². The molecule has 0 aliphatic carbocycles. The van der Waals surface area contributed by atoms with Crippen LogP contribution in [0.1, 0.15) is 17.3 Å². The van der Waals surface area contributed by atoms with E-state index < -0.39 is 0 Å². The van der Waals surface area contributed by atoms with Crippen LogP contribution in [0.15, 0.2) is 27.6 Å². The Morgan fingerprint density at radius 1 is 1.67 bits per heavy atom. The second-order valence-corrected chi connectivity index (χ2v) is 4.62. The minimum absolute atomic E-state index is 0.0792. The Morgan fingerprint density at radius 3 is 2.87 bits per heavy atom. The molecule has 0 aliphatic heterocycles. The molecule has 0 spiro atoms. The quantitative estimate of drug-likeness (QED) is 0.744. The van der Waals surface area contributed by atoms with Gasteiger partial charge in [0.25, 0.3) is 5.91 Å². The van der Waals surface area contributed by atoms with Crippen molar-refractivity contribution in [2.24, 2.45) is 0 Å². The third kappa shape index (κ3) is 3.52. The number of nitrogens with one attached hydrogen (secondary N) is 1. The van der Waals surface area contributed by atoms with Crippen LogP contribution in [-0.2, 0) is 0 Å². The molecule has 15 heavy (non-hydrogen) atoms. The summed E-state index contributed by atoms with van der Waals surface area (Å²) in [5.74, 6) is -0.228. The van der Waals surface area contributed by atoms with Crippen molar-refractivity contribution >= 4 is 34.5 Å². The summed E-state index contributed by atoms with van der Waals surface area (Å²) in [5.41, 5.74) is 0.502. The first-order valence-corrected chi connectivity index (χ1v) is 5.69. The predicted molar refractivity (Wildman–Crippen MR) is 65.4 cm³/mol. The fourth-order valence-corrected chi connectivity index (χ4v) is 1.90. The number of halogens is 1. The fourth-order valence-electron chi connectivity index (χ4n) is 1.04. The number of aliphatic hydroxyl groups excluding tert-OH is 1. The highest BCUT2D eigenvalue weighted by atomic mass is 79.9. The lowest BCUT2D eigenvalue weighted by Gasteiger charge is -2.11. The second-order valence-electron chi connectivity index (χ2n) is 3.22. The van der Waals surface area contributed by atoms with Gasteiger partial charge in [-0.3, -0.25) is 4.79 Å². The minimum atomic E-state index is -0.256. The number of aliphatic hydroxyl groups is 1. The molecule has 0 bridgehead atoms. The van der Waals surface area contributed by atoms with E-state index in [1.165, 1.54) is 0 Å². The van der Waals surface area contributed by atoms with Crippen molar-refractivity contribution in [3.63, 3.8) is 0 Å². The van der Waals surface area contributed by atoms with Crippen LogP contribution in [-0.4, -0.2) is 23.7 Å². The van der Waals surface area contributed by atoms with Gasteiger partial charge in [-0.15, -0.1) is 12.6 Å². The Morgan fingerprint density at radius 2 is 2.33 bits per heavy atom. The first-order chi connectivity index (χ1) is 7.04. The van der Waals surface area contributed by atoms with E-state index in [2.05, 4.69) is 33.9 Å². The molecule has 1 atom stereocenters. The lowest BCUT2D eigenvalue weighted by atomic mass is 10.2. The zero-order valence-corrected chi connectivity index (χ0v) is 10.7. The van der Waals surface area contributed by atoms with Crippen LogP contribution in [0.5, 0.6) is 0 Å². The van der Waals surface area contributed by atoms with Crippen LogP contribution in [0.4, 0.5) is 0 Å².